The summed E-state index contributed by atoms with van der Waals surface area (Å²) in [5.41, 5.74) is 0. The summed E-state index contributed by atoms with van der Waals surface area (Å²) in [5.74, 6) is 0.114. The van der Waals surface area contributed by atoms with Crippen LogP contribution < -0.4 is 4.74 Å². The van der Waals surface area contributed by atoms with Crippen LogP contribution in [0.15, 0.2) is 42.5 Å². The minimum Gasteiger partial charge on any atom is -0.493 e. The van der Waals surface area contributed by atoms with Crippen molar-refractivity contribution in [3.63, 3.8) is 0 Å². The van der Waals surface area contributed by atoms with E-state index in [4.69, 9.17) is 9.84 Å². The summed E-state index contributed by atoms with van der Waals surface area (Å²) >= 11 is 0. The van der Waals surface area contributed by atoms with Crippen molar-refractivity contribution < 1.29 is 14.6 Å². The highest BCUT2D eigenvalue weighted by molar-refractivity contribution is 5.88. The Morgan fingerprint density at radius 3 is 2.67 bits per heavy atom. The molecular formula is C15H16O3. The number of fused-ring (bicyclic) bond motifs is 1. The van der Waals surface area contributed by atoms with Crippen molar-refractivity contribution in [3.8, 4) is 5.75 Å². The van der Waals surface area contributed by atoms with Crippen LogP contribution in [0.5, 0.6) is 5.75 Å². The van der Waals surface area contributed by atoms with Crippen molar-refractivity contribution in [2.45, 2.75) is 19.3 Å². The molecule has 3 heteroatoms. The van der Waals surface area contributed by atoms with Gasteiger partial charge in [0.25, 0.3) is 0 Å². The maximum atomic E-state index is 10.4. The van der Waals surface area contributed by atoms with Gasteiger partial charge in [0, 0.05) is 11.8 Å². The fourth-order valence-electron chi connectivity index (χ4n) is 1.88. The molecule has 1 N–H and O–H groups in total. The van der Waals surface area contributed by atoms with Crippen molar-refractivity contribution in [1.82, 2.24) is 0 Å². The third-order valence-electron chi connectivity index (χ3n) is 2.79. The fourth-order valence-corrected chi connectivity index (χ4v) is 1.88. The predicted octanol–water partition coefficient (Wildman–Crippen LogP) is 3.47. The minimum absolute atomic E-state index is 0.207. The highest BCUT2D eigenvalue weighted by Crippen LogP contribution is 2.25. The van der Waals surface area contributed by atoms with Crippen LogP contribution in [0.25, 0.3) is 10.8 Å². The largest absolute Gasteiger partial charge is 0.493 e. The van der Waals surface area contributed by atoms with Crippen molar-refractivity contribution in [2.24, 2.45) is 0 Å². The number of hydrogen-bond donors (Lipinski definition) is 1. The maximum Gasteiger partial charge on any atom is 0.303 e. The lowest BCUT2D eigenvalue weighted by atomic mass is 10.1. The van der Waals surface area contributed by atoms with E-state index in [-0.39, 0.29) is 6.42 Å². The first-order valence-corrected chi connectivity index (χ1v) is 6.10. The summed E-state index contributed by atoms with van der Waals surface area (Å²) in [7, 11) is 0. The first-order valence-electron chi connectivity index (χ1n) is 6.10. The maximum absolute atomic E-state index is 10.4. The first kappa shape index (κ1) is 12.4. The number of carbonyl (C=O) groups is 1. The van der Waals surface area contributed by atoms with Crippen molar-refractivity contribution in [1.29, 1.82) is 0 Å². The van der Waals surface area contributed by atoms with Crippen molar-refractivity contribution in [2.75, 3.05) is 6.61 Å². The minimum atomic E-state index is -0.750. The molecule has 0 saturated carbocycles. The molecule has 0 unspecified atom stereocenters. The van der Waals surface area contributed by atoms with Gasteiger partial charge in [-0.3, -0.25) is 4.79 Å². The third kappa shape index (κ3) is 3.23. The quantitative estimate of drug-likeness (QED) is 0.791. The number of benzene rings is 2. The number of rotatable bonds is 6. The molecule has 0 saturated heterocycles. The first-order chi connectivity index (χ1) is 8.77. The summed E-state index contributed by atoms with van der Waals surface area (Å²) in [6, 6.07) is 14.0. The zero-order valence-corrected chi connectivity index (χ0v) is 10.1. The van der Waals surface area contributed by atoms with Gasteiger partial charge in [0.1, 0.15) is 5.75 Å². The lowest BCUT2D eigenvalue weighted by Crippen LogP contribution is -2.00. The van der Waals surface area contributed by atoms with E-state index in [1.54, 1.807) is 0 Å². The molecule has 18 heavy (non-hydrogen) atoms. The summed E-state index contributed by atoms with van der Waals surface area (Å²) < 4.78 is 5.71. The molecule has 0 aliphatic heterocycles. The lowest BCUT2D eigenvalue weighted by Gasteiger charge is -2.08. The third-order valence-corrected chi connectivity index (χ3v) is 2.79. The SMILES string of the molecule is O=C(O)CCCCOc1cccc2ccccc12. The van der Waals surface area contributed by atoms with Gasteiger partial charge in [-0.15, -0.1) is 0 Å². The van der Waals surface area contributed by atoms with Gasteiger partial charge in [0.2, 0.25) is 0 Å². The summed E-state index contributed by atoms with van der Waals surface area (Å²) in [5, 5.41) is 10.8. The number of ether oxygens (including phenoxy) is 1. The normalized spacial score (nSPS) is 10.4. The molecule has 2 aromatic carbocycles. The Morgan fingerprint density at radius 1 is 1.06 bits per heavy atom. The smallest absolute Gasteiger partial charge is 0.303 e. The fraction of sp³-hybridized carbons (Fsp3) is 0.267. The van der Waals surface area contributed by atoms with Crippen LogP contribution in [0.4, 0.5) is 0 Å². The zero-order chi connectivity index (χ0) is 12.8. The van der Waals surface area contributed by atoms with E-state index in [9.17, 15) is 4.79 Å². The van der Waals surface area contributed by atoms with Gasteiger partial charge in [-0.05, 0) is 24.3 Å². The number of hydrogen-bond acceptors (Lipinski definition) is 2. The molecule has 0 radical (unpaired) electrons. The molecule has 0 fully saturated rings. The standard InChI is InChI=1S/C15H16O3/c16-15(17)10-3-4-11-18-14-9-5-7-12-6-1-2-8-13(12)14/h1-2,5-9H,3-4,10-11H2,(H,16,17). The van der Waals surface area contributed by atoms with E-state index in [1.807, 2.05) is 42.5 Å². The highest BCUT2D eigenvalue weighted by Gasteiger charge is 2.01. The summed E-state index contributed by atoms with van der Waals surface area (Å²) in [6.45, 7) is 0.557. The van der Waals surface area contributed by atoms with Crippen molar-refractivity contribution in [3.05, 3.63) is 42.5 Å². The van der Waals surface area contributed by atoms with E-state index < -0.39 is 5.97 Å². The van der Waals surface area contributed by atoms with E-state index in [1.165, 1.54) is 0 Å². The van der Waals surface area contributed by atoms with E-state index in [2.05, 4.69) is 0 Å². The van der Waals surface area contributed by atoms with Crippen LogP contribution in [-0.2, 0) is 4.79 Å². The molecule has 0 heterocycles. The van der Waals surface area contributed by atoms with Crippen molar-refractivity contribution >= 4 is 16.7 Å². The van der Waals surface area contributed by atoms with E-state index in [0.29, 0.717) is 13.0 Å². The summed E-state index contributed by atoms with van der Waals surface area (Å²) in [4.78, 5) is 10.4. The Labute approximate surface area is 106 Å². The van der Waals surface area contributed by atoms with Gasteiger partial charge in [0.15, 0.2) is 0 Å². The molecular weight excluding hydrogens is 228 g/mol. The van der Waals surface area contributed by atoms with Crippen LogP contribution in [-0.4, -0.2) is 17.7 Å². The second-order valence-electron chi connectivity index (χ2n) is 4.18. The Bertz CT molecular complexity index is 529. The molecule has 0 aromatic heterocycles. The van der Waals surface area contributed by atoms with Gasteiger partial charge in [-0.25, -0.2) is 0 Å². The van der Waals surface area contributed by atoms with Crippen LogP contribution >= 0.6 is 0 Å². The molecule has 2 rings (SSSR count). The van der Waals surface area contributed by atoms with Gasteiger partial charge in [0.05, 0.1) is 6.61 Å². The van der Waals surface area contributed by atoms with Gasteiger partial charge >= 0.3 is 5.97 Å². The van der Waals surface area contributed by atoms with Gasteiger partial charge in [-0.2, -0.15) is 0 Å². The summed E-state index contributed by atoms with van der Waals surface area (Å²) in [6.07, 6.45) is 1.62. The van der Waals surface area contributed by atoms with E-state index >= 15 is 0 Å². The number of carboxylic acid groups (broad SMARTS) is 1. The number of unbranched alkanes of at least 4 members (excludes halogenated alkanes) is 1. The molecule has 3 nitrogen and oxygen atoms in total. The van der Waals surface area contributed by atoms with Gasteiger partial charge in [-0.1, -0.05) is 36.4 Å². The Balaban J connectivity index is 1.93. The van der Waals surface area contributed by atoms with Gasteiger partial charge < -0.3 is 9.84 Å². The molecule has 0 aliphatic rings. The molecule has 2 aromatic rings. The Morgan fingerprint density at radius 2 is 1.83 bits per heavy atom. The molecule has 0 atom stereocenters. The second-order valence-corrected chi connectivity index (χ2v) is 4.18. The number of carboxylic acids is 1. The predicted molar refractivity (Wildman–Crippen MR) is 70.9 cm³/mol. The van der Waals surface area contributed by atoms with Crippen LogP contribution in [0.3, 0.4) is 0 Å². The van der Waals surface area contributed by atoms with Crippen LogP contribution in [0, 0.1) is 0 Å². The molecule has 0 aliphatic carbocycles. The highest BCUT2D eigenvalue weighted by atomic mass is 16.5. The van der Waals surface area contributed by atoms with Crippen LogP contribution in [0.2, 0.25) is 0 Å². The average Bonchev–Trinajstić information content (AvgIpc) is 2.38. The average molecular weight is 244 g/mol. The molecule has 0 amide bonds. The lowest BCUT2D eigenvalue weighted by molar-refractivity contribution is -0.137. The second kappa shape index (κ2) is 6.05. The molecule has 0 spiro atoms. The van der Waals surface area contributed by atoms with Crippen LogP contribution in [0.1, 0.15) is 19.3 Å². The topological polar surface area (TPSA) is 46.5 Å². The Hall–Kier alpha value is -2.03. The number of aliphatic carboxylic acids is 1. The van der Waals surface area contributed by atoms with E-state index in [0.717, 1.165) is 22.9 Å². The molecule has 0 bridgehead atoms. The molecule has 94 valence electrons. The zero-order valence-electron chi connectivity index (χ0n) is 10.1. The monoisotopic (exact) mass is 244 g/mol. The Kier molecular flexibility index (Phi) is 4.18.